The number of allylic oxidation sites excluding steroid dienone is 2. The number of unbranched alkanes of at least 4 members (excludes halogenated alkanes) is 26. The molecule has 12 nitrogen and oxygen atoms in total. The predicted molar refractivity (Wildman–Crippen MR) is 230 cm³/mol. The fourth-order valence-electron chi connectivity index (χ4n) is 7.35. The zero-order chi connectivity index (χ0) is 42.7. The van der Waals surface area contributed by atoms with Crippen molar-refractivity contribution in [2.75, 3.05) is 19.8 Å². The van der Waals surface area contributed by atoms with Crippen LogP contribution in [0.3, 0.4) is 0 Å². The Morgan fingerprint density at radius 3 is 1.36 bits per heavy atom. The van der Waals surface area contributed by atoms with Gasteiger partial charge in [-0.3, -0.25) is 13.8 Å². The molecule has 13 heteroatoms. The second-order valence-electron chi connectivity index (χ2n) is 16.6. The van der Waals surface area contributed by atoms with E-state index >= 15 is 0 Å². The number of carbonyl (C=O) groups excluding carboxylic acids is 1. The average molecular weight is 851 g/mol. The molecule has 1 rings (SSSR count). The first-order chi connectivity index (χ1) is 28.0. The molecule has 0 radical (unpaired) electrons. The maximum absolute atomic E-state index is 12.8. The molecule has 0 heterocycles. The van der Waals surface area contributed by atoms with Crippen LogP contribution < -0.4 is 0 Å². The van der Waals surface area contributed by atoms with Crippen molar-refractivity contribution in [2.45, 2.75) is 249 Å². The van der Waals surface area contributed by atoms with Gasteiger partial charge in [0.25, 0.3) is 0 Å². The van der Waals surface area contributed by atoms with Gasteiger partial charge in [0.15, 0.2) is 0 Å². The highest BCUT2D eigenvalue weighted by Gasteiger charge is 2.51. The molecule has 58 heavy (non-hydrogen) atoms. The van der Waals surface area contributed by atoms with Gasteiger partial charge in [-0.2, -0.15) is 0 Å². The zero-order valence-corrected chi connectivity index (χ0v) is 37.5. The fourth-order valence-corrected chi connectivity index (χ4v) is 8.32. The number of hydrogen-bond acceptors (Lipinski definition) is 11. The van der Waals surface area contributed by atoms with E-state index in [1.54, 1.807) is 0 Å². The quantitative estimate of drug-likeness (QED) is 0.0148. The van der Waals surface area contributed by atoms with E-state index in [2.05, 4.69) is 26.0 Å². The maximum atomic E-state index is 12.8. The number of esters is 1. The van der Waals surface area contributed by atoms with Gasteiger partial charge in [-0.25, -0.2) is 4.57 Å². The van der Waals surface area contributed by atoms with Crippen molar-refractivity contribution in [1.82, 2.24) is 0 Å². The van der Waals surface area contributed by atoms with Gasteiger partial charge in [-0.15, -0.1) is 0 Å². The Hall–Kier alpha value is -0.920. The number of aliphatic hydroxyl groups is 5. The van der Waals surface area contributed by atoms with E-state index in [0.717, 1.165) is 44.9 Å². The first-order valence-electron chi connectivity index (χ1n) is 23.5. The topological polar surface area (TPSA) is 192 Å². The number of phosphoric ester groups is 1. The van der Waals surface area contributed by atoms with Crippen LogP contribution in [0.5, 0.6) is 0 Å². The summed E-state index contributed by atoms with van der Waals surface area (Å²) in [5.41, 5.74) is 0. The third-order valence-electron chi connectivity index (χ3n) is 11.1. The van der Waals surface area contributed by atoms with Crippen molar-refractivity contribution in [3.63, 3.8) is 0 Å². The van der Waals surface area contributed by atoms with E-state index in [1.165, 1.54) is 135 Å². The van der Waals surface area contributed by atoms with Crippen molar-refractivity contribution >= 4 is 13.8 Å². The van der Waals surface area contributed by atoms with Crippen molar-refractivity contribution in [1.29, 1.82) is 0 Å². The lowest BCUT2D eigenvalue weighted by atomic mass is 9.85. The molecule has 0 saturated heterocycles. The molecule has 0 aromatic rings. The highest BCUT2D eigenvalue weighted by atomic mass is 31.2. The molecule has 6 atom stereocenters. The summed E-state index contributed by atoms with van der Waals surface area (Å²) in [6, 6.07) is 0. The molecule has 6 N–H and O–H groups in total. The minimum atomic E-state index is -5.01. The minimum absolute atomic E-state index is 0.0728. The maximum Gasteiger partial charge on any atom is 0.472 e. The van der Waals surface area contributed by atoms with Crippen LogP contribution in [0, 0.1) is 0 Å². The van der Waals surface area contributed by atoms with Crippen LogP contribution in [-0.4, -0.2) is 98.9 Å². The number of carbonyl (C=O) groups is 1. The van der Waals surface area contributed by atoms with Crippen molar-refractivity contribution in [3.05, 3.63) is 12.2 Å². The molecule has 0 amide bonds. The largest absolute Gasteiger partial charge is 0.472 e. The van der Waals surface area contributed by atoms with Gasteiger partial charge in [0.1, 0.15) is 42.7 Å². The number of aliphatic hydroxyl groups excluding tert-OH is 5. The first kappa shape index (κ1) is 55.1. The summed E-state index contributed by atoms with van der Waals surface area (Å²) in [5.74, 6) is -0.478. The first-order valence-corrected chi connectivity index (χ1v) is 25.0. The molecule has 6 unspecified atom stereocenters. The van der Waals surface area contributed by atoms with E-state index in [1.807, 2.05) is 0 Å². The predicted octanol–water partition coefficient (Wildman–Crippen LogP) is 9.53. The summed E-state index contributed by atoms with van der Waals surface area (Å²) in [4.78, 5) is 23.1. The Balaban J connectivity index is 2.38. The van der Waals surface area contributed by atoms with Crippen LogP contribution >= 0.6 is 7.82 Å². The molecule has 1 aliphatic rings. The van der Waals surface area contributed by atoms with Gasteiger partial charge in [0, 0.05) is 13.0 Å². The Morgan fingerprint density at radius 1 is 0.534 bits per heavy atom. The zero-order valence-electron chi connectivity index (χ0n) is 36.6. The molecule has 0 spiro atoms. The standard InChI is InChI=1S/C45H87O12P/c1-3-5-7-9-11-13-15-17-18-19-20-21-22-24-26-28-30-32-34-39(46)56-38(36-54-35-33-31-29-27-25-23-16-14-12-10-8-6-4-2)37-55-58(52,53)57-45-43(50)41(48)40(47)42(49)44(45)51/h18-19,38,40-45,47-51H,3-17,20-37H2,1-2H3,(H,52,53)/b19-18-. The summed E-state index contributed by atoms with van der Waals surface area (Å²) in [6.45, 7) is 4.27. The van der Waals surface area contributed by atoms with Gasteiger partial charge < -0.3 is 39.9 Å². The second-order valence-corrected chi connectivity index (χ2v) is 18.0. The summed E-state index contributed by atoms with van der Waals surface area (Å²) < 4.78 is 34.2. The lowest BCUT2D eigenvalue weighted by Gasteiger charge is -2.41. The second kappa shape index (κ2) is 36.7. The molecule has 1 saturated carbocycles. The number of ether oxygens (including phenoxy) is 2. The monoisotopic (exact) mass is 851 g/mol. The molecule has 0 aliphatic heterocycles. The van der Waals surface area contributed by atoms with Crippen molar-refractivity contribution in [2.24, 2.45) is 0 Å². The van der Waals surface area contributed by atoms with Gasteiger partial charge >= 0.3 is 13.8 Å². The molecule has 344 valence electrons. The Bertz CT molecular complexity index is 1020. The molecular formula is C45H87O12P. The van der Waals surface area contributed by atoms with E-state index in [9.17, 15) is 39.8 Å². The van der Waals surface area contributed by atoms with Crippen LogP contribution in [0.1, 0.15) is 206 Å². The summed E-state index contributed by atoms with van der Waals surface area (Å²) in [7, 11) is -5.01. The summed E-state index contributed by atoms with van der Waals surface area (Å²) >= 11 is 0. The number of rotatable bonds is 40. The van der Waals surface area contributed by atoms with Gasteiger partial charge in [0.2, 0.25) is 0 Å². The third-order valence-corrected chi connectivity index (χ3v) is 12.1. The van der Waals surface area contributed by atoms with Crippen LogP contribution in [0.15, 0.2) is 12.2 Å². The van der Waals surface area contributed by atoms with Gasteiger partial charge in [0.05, 0.1) is 13.2 Å². The smallest absolute Gasteiger partial charge is 0.457 e. The fraction of sp³-hybridized carbons (Fsp3) is 0.933. The third kappa shape index (κ3) is 28.6. The van der Waals surface area contributed by atoms with Gasteiger partial charge in [-0.05, 0) is 38.5 Å². The van der Waals surface area contributed by atoms with Crippen LogP contribution in [0.25, 0.3) is 0 Å². The van der Waals surface area contributed by atoms with Crippen molar-refractivity contribution < 1.29 is 58.3 Å². The average Bonchev–Trinajstić information content (AvgIpc) is 3.21. The van der Waals surface area contributed by atoms with E-state index in [-0.39, 0.29) is 13.0 Å². The highest BCUT2D eigenvalue weighted by Crippen LogP contribution is 2.47. The van der Waals surface area contributed by atoms with Crippen LogP contribution in [-0.2, 0) is 27.9 Å². The molecule has 0 aromatic carbocycles. The van der Waals surface area contributed by atoms with E-state index in [0.29, 0.717) is 13.0 Å². The summed E-state index contributed by atoms with van der Waals surface area (Å²) in [5, 5.41) is 50.2. The SMILES string of the molecule is CCCCCCCCC/C=C\CCCCCCCCCC(=O)OC(COCCCCCCCCCCCCCCC)COP(=O)(O)OC1C(O)C(O)C(O)C(O)C1O. The van der Waals surface area contributed by atoms with E-state index in [4.69, 9.17) is 18.5 Å². The van der Waals surface area contributed by atoms with Gasteiger partial charge in [-0.1, -0.05) is 174 Å². The normalized spacial score (nSPS) is 22.7. The summed E-state index contributed by atoms with van der Waals surface area (Å²) in [6.07, 6.45) is 27.1. The van der Waals surface area contributed by atoms with E-state index < -0.39 is 63.1 Å². The molecule has 0 bridgehead atoms. The lowest BCUT2D eigenvalue weighted by Crippen LogP contribution is -2.64. The molecule has 1 aliphatic carbocycles. The minimum Gasteiger partial charge on any atom is -0.457 e. The Morgan fingerprint density at radius 2 is 0.914 bits per heavy atom. The lowest BCUT2D eigenvalue weighted by molar-refractivity contribution is -0.220. The van der Waals surface area contributed by atoms with Crippen LogP contribution in [0.2, 0.25) is 0 Å². The number of phosphoric acid groups is 1. The number of hydrogen-bond donors (Lipinski definition) is 6. The van der Waals surface area contributed by atoms with Crippen LogP contribution in [0.4, 0.5) is 0 Å². The molecule has 1 fully saturated rings. The Labute approximate surface area is 352 Å². The molecular weight excluding hydrogens is 763 g/mol. The van der Waals surface area contributed by atoms with Crippen molar-refractivity contribution in [3.8, 4) is 0 Å². The highest BCUT2D eigenvalue weighted by molar-refractivity contribution is 7.47. The molecule has 0 aromatic heterocycles. The Kier molecular flexibility index (Phi) is 34.9.